The minimum Gasteiger partial charge on any atom is -0.496 e. The van der Waals surface area contributed by atoms with Gasteiger partial charge in [-0.25, -0.2) is 0 Å². The summed E-state index contributed by atoms with van der Waals surface area (Å²) in [6.07, 6.45) is 3.38. The molecule has 2 N–H and O–H groups in total. The Labute approximate surface area is 117 Å². The molecule has 1 aliphatic carbocycles. The lowest BCUT2D eigenvalue weighted by molar-refractivity contribution is 0.245. The Morgan fingerprint density at radius 2 is 2.22 bits per heavy atom. The Hall–Kier alpha value is -0.580. The third-order valence-corrected chi connectivity index (χ3v) is 4.15. The fourth-order valence-corrected chi connectivity index (χ4v) is 2.69. The molecule has 1 aromatic rings. The van der Waals surface area contributed by atoms with Gasteiger partial charge in [0.1, 0.15) is 5.75 Å². The van der Waals surface area contributed by atoms with E-state index in [4.69, 9.17) is 9.84 Å². The van der Waals surface area contributed by atoms with E-state index < -0.39 is 0 Å². The van der Waals surface area contributed by atoms with Crippen LogP contribution in [0.5, 0.6) is 5.75 Å². The van der Waals surface area contributed by atoms with Crippen LogP contribution in [-0.2, 0) is 6.54 Å². The summed E-state index contributed by atoms with van der Waals surface area (Å²) in [6.45, 7) is 2.07. The highest BCUT2D eigenvalue weighted by atomic mass is 79.9. The number of methoxy groups -OCH3 is 1. The van der Waals surface area contributed by atoms with Gasteiger partial charge in [-0.3, -0.25) is 0 Å². The second-order valence-electron chi connectivity index (χ2n) is 5.03. The monoisotopic (exact) mass is 313 g/mol. The fourth-order valence-electron chi connectivity index (χ4n) is 2.28. The molecule has 0 aliphatic heterocycles. The maximum atomic E-state index is 9.02. The molecule has 0 aromatic heterocycles. The van der Waals surface area contributed by atoms with Crippen molar-refractivity contribution in [3.63, 3.8) is 0 Å². The van der Waals surface area contributed by atoms with Crippen LogP contribution in [0.4, 0.5) is 0 Å². The molecule has 1 aromatic carbocycles. The Bertz CT molecular complexity index is 405. The molecule has 0 bridgehead atoms. The molecule has 0 unspecified atom stereocenters. The Morgan fingerprint density at radius 3 is 2.83 bits per heavy atom. The molecule has 0 radical (unpaired) electrons. The first kappa shape index (κ1) is 13.8. The predicted octanol–water partition coefficient (Wildman–Crippen LogP) is 2.71. The van der Waals surface area contributed by atoms with Crippen LogP contribution in [0.15, 0.2) is 22.7 Å². The van der Waals surface area contributed by atoms with E-state index in [2.05, 4.69) is 27.3 Å². The van der Waals surface area contributed by atoms with Crippen LogP contribution in [0.2, 0.25) is 0 Å². The van der Waals surface area contributed by atoms with E-state index in [1.165, 1.54) is 12.8 Å². The van der Waals surface area contributed by atoms with Crippen molar-refractivity contribution in [3.05, 3.63) is 28.2 Å². The van der Waals surface area contributed by atoms with Crippen molar-refractivity contribution >= 4 is 15.9 Å². The van der Waals surface area contributed by atoms with Gasteiger partial charge in [0.05, 0.1) is 7.11 Å². The van der Waals surface area contributed by atoms with E-state index in [-0.39, 0.29) is 0 Å². The lowest BCUT2D eigenvalue weighted by Crippen LogP contribution is -2.24. The normalized spacial score (nSPS) is 16.6. The largest absolute Gasteiger partial charge is 0.496 e. The van der Waals surface area contributed by atoms with Crippen molar-refractivity contribution in [2.75, 3.05) is 20.3 Å². The third kappa shape index (κ3) is 3.46. The van der Waals surface area contributed by atoms with Crippen LogP contribution in [0.1, 0.15) is 24.8 Å². The van der Waals surface area contributed by atoms with Crippen LogP contribution in [0.3, 0.4) is 0 Å². The highest BCUT2D eigenvalue weighted by molar-refractivity contribution is 9.10. The molecular formula is C14H20BrNO2. The van der Waals surface area contributed by atoms with E-state index in [1.54, 1.807) is 7.11 Å². The molecule has 0 amide bonds. The van der Waals surface area contributed by atoms with E-state index in [1.807, 2.05) is 12.1 Å². The topological polar surface area (TPSA) is 41.5 Å². The van der Waals surface area contributed by atoms with E-state index >= 15 is 0 Å². The second kappa shape index (κ2) is 6.04. The van der Waals surface area contributed by atoms with Gasteiger partial charge in [-0.05, 0) is 42.9 Å². The molecule has 1 aliphatic rings. The van der Waals surface area contributed by atoms with Gasteiger partial charge in [-0.2, -0.15) is 0 Å². The Morgan fingerprint density at radius 1 is 1.44 bits per heavy atom. The molecule has 0 spiro atoms. The molecule has 0 saturated heterocycles. The van der Waals surface area contributed by atoms with E-state index in [9.17, 15) is 0 Å². The number of benzene rings is 1. The maximum Gasteiger partial charge on any atom is 0.123 e. The third-order valence-electron chi connectivity index (χ3n) is 3.66. The molecular weight excluding hydrogens is 294 g/mol. The van der Waals surface area contributed by atoms with Crippen molar-refractivity contribution < 1.29 is 9.84 Å². The molecule has 1 fully saturated rings. The van der Waals surface area contributed by atoms with Gasteiger partial charge in [0.2, 0.25) is 0 Å². The summed E-state index contributed by atoms with van der Waals surface area (Å²) in [6, 6.07) is 6.04. The van der Waals surface area contributed by atoms with E-state index in [0.717, 1.165) is 35.3 Å². The molecule has 1 saturated carbocycles. The number of ether oxygens (including phenoxy) is 1. The van der Waals surface area contributed by atoms with Gasteiger partial charge in [0.15, 0.2) is 0 Å². The minimum absolute atomic E-state index is 0.294. The number of aliphatic hydroxyl groups is 1. The van der Waals surface area contributed by atoms with Gasteiger partial charge < -0.3 is 15.2 Å². The number of aliphatic hydroxyl groups excluding tert-OH is 1. The van der Waals surface area contributed by atoms with Gasteiger partial charge >= 0.3 is 0 Å². The summed E-state index contributed by atoms with van der Waals surface area (Å²) in [5.74, 6) is 0.915. The summed E-state index contributed by atoms with van der Waals surface area (Å²) >= 11 is 3.48. The quantitative estimate of drug-likeness (QED) is 0.813. The number of rotatable bonds is 7. The average Bonchev–Trinajstić information content (AvgIpc) is 3.10. The number of hydrogen-bond acceptors (Lipinski definition) is 3. The minimum atomic E-state index is 0.294. The Balaban J connectivity index is 1.88. The molecule has 100 valence electrons. The van der Waals surface area contributed by atoms with Crippen LogP contribution in [0, 0.1) is 5.41 Å². The summed E-state index contributed by atoms with van der Waals surface area (Å²) in [5.41, 5.74) is 1.51. The van der Waals surface area contributed by atoms with E-state index in [0.29, 0.717) is 12.0 Å². The van der Waals surface area contributed by atoms with Gasteiger partial charge in [0.25, 0.3) is 0 Å². The summed E-state index contributed by atoms with van der Waals surface area (Å²) < 4.78 is 6.41. The number of nitrogens with one attached hydrogen (secondary N) is 1. The first-order valence-electron chi connectivity index (χ1n) is 6.33. The highest BCUT2D eigenvalue weighted by Gasteiger charge is 2.41. The zero-order chi connectivity index (χ0) is 13.0. The maximum absolute atomic E-state index is 9.02. The van der Waals surface area contributed by atoms with Gasteiger partial charge in [-0.1, -0.05) is 15.9 Å². The molecule has 3 nitrogen and oxygen atoms in total. The van der Waals surface area contributed by atoms with Crippen molar-refractivity contribution in [3.8, 4) is 5.75 Å². The lowest BCUT2D eigenvalue weighted by Gasteiger charge is -2.15. The molecule has 0 heterocycles. The van der Waals surface area contributed by atoms with Crippen LogP contribution in [-0.4, -0.2) is 25.4 Å². The van der Waals surface area contributed by atoms with Gasteiger partial charge in [-0.15, -0.1) is 0 Å². The van der Waals surface area contributed by atoms with Crippen molar-refractivity contribution in [2.45, 2.75) is 25.8 Å². The zero-order valence-electron chi connectivity index (χ0n) is 10.7. The summed E-state index contributed by atoms with van der Waals surface area (Å²) in [4.78, 5) is 0. The molecule has 0 atom stereocenters. The zero-order valence-corrected chi connectivity index (χ0v) is 12.3. The number of hydrogen-bond donors (Lipinski definition) is 2. The van der Waals surface area contributed by atoms with Crippen molar-refractivity contribution in [1.82, 2.24) is 5.32 Å². The smallest absolute Gasteiger partial charge is 0.123 e. The first-order chi connectivity index (χ1) is 8.69. The Kier molecular flexibility index (Phi) is 4.65. The van der Waals surface area contributed by atoms with Crippen molar-refractivity contribution in [2.24, 2.45) is 5.41 Å². The fraction of sp³-hybridized carbons (Fsp3) is 0.571. The first-order valence-corrected chi connectivity index (χ1v) is 7.12. The lowest BCUT2D eigenvalue weighted by atomic mass is 10.0. The van der Waals surface area contributed by atoms with Gasteiger partial charge in [0, 0.05) is 29.7 Å². The standard InChI is InChI=1S/C14H20BrNO2/c1-18-13-3-2-12(15)8-11(13)9-16-10-14(4-5-14)6-7-17/h2-3,8,16-17H,4-7,9-10H2,1H3. The summed E-state index contributed by atoms with van der Waals surface area (Å²) in [5, 5.41) is 12.5. The average molecular weight is 314 g/mol. The molecule has 4 heteroatoms. The van der Waals surface area contributed by atoms with Crippen LogP contribution >= 0.6 is 15.9 Å². The van der Waals surface area contributed by atoms with Crippen LogP contribution < -0.4 is 10.1 Å². The molecule has 2 rings (SSSR count). The van der Waals surface area contributed by atoms with Crippen LogP contribution in [0.25, 0.3) is 0 Å². The molecule has 18 heavy (non-hydrogen) atoms. The second-order valence-corrected chi connectivity index (χ2v) is 5.95. The highest BCUT2D eigenvalue weighted by Crippen LogP contribution is 2.47. The SMILES string of the molecule is COc1ccc(Br)cc1CNCC1(CCO)CC1. The summed E-state index contributed by atoms with van der Waals surface area (Å²) in [7, 11) is 1.70. The predicted molar refractivity (Wildman–Crippen MR) is 75.8 cm³/mol. The van der Waals surface area contributed by atoms with Crippen molar-refractivity contribution in [1.29, 1.82) is 0 Å². The number of halogens is 1.